The monoisotopic (exact) mass is 430 g/mol. The van der Waals surface area contributed by atoms with Crippen LogP contribution in [-0.4, -0.2) is 27.1 Å². The molecule has 0 aliphatic heterocycles. The summed E-state index contributed by atoms with van der Waals surface area (Å²) in [5.41, 5.74) is 6.33. The van der Waals surface area contributed by atoms with Gasteiger partial charge in [-0.15, -0.1) is 0 Å². The zero-order valence-corrected chi connectivity index (χ0v) is 19.8. The van der Waals surface area contributed by atoms with E-state index in [2.05, 4.69) is 37.4 Å². The van der Waals surface area contributed by atoms with E-state index in [1.54, 1.807) is 0 Å². The fourth-order valence-corrected chi connectivity index (χ4v) is 4.38. The lowest BCUT2D eigenvalue weighted by molar-refractivity contribution is -0.121. The molecule has 0 radical (unpaired) electrons. The molecule has 0 saturated carbocycles. The molecule has 5 nitrogen and oxygen atoms in total. The van der Waals surface area contributed by atoms with Crippen LogP contribution in [-0.2, 0) is 14.8 Å². The van der Waals surface area contributed by atoms with Crippen molar-refractivity contribution in [2.45, 2.75) is 59.9 Å². The zero-order valence-electron chi connectivity index (χ0n) is 19.0. The molecule has 1 N–H and O–H groups in total. The highest BCUT2D eigenvalue weighted by Gasteiger charge is 2.19. The summed E-state index contributed by atoms with van der Waals surface area (Å²) in [7, 11) is -3.42. The van der Waals surface area contributed by atoms with Crippen molar-refractivity contribution in [1.29, 1.82) is 0 Å². The molecule has 164 valence electrons. The van der Waals surface area contributed by atoms with Gasteiger partial charge in [0.2, 0.25) is 15.9 Å². The highest BCUT2D eigenvalue weighted by molar-refractivity contribution is 7.92. The standard InChI is InChI=1S/C24H34N2O3S/c1-7-23(21-12-10-17(2)19(4)15-21)25-24(27)9-8-14-26(30(6,28)29)22-13-11-18(3)20(5)16-22/h10-13,15-16,23H,7-9,14H2,1-6H3,(H,25,27)/t23-/m0/s1. The molecule has 30 heavy (non-hydrogen) atoms. The summed E-state index contributed by atoms with van der Waals surface area (Å²) in [5.74, 6) is -0.0615. The molecular weight excluding hydrogens is 396 g/mol. The Hall–Kier alpha value is -2.34. The van der Waals surface area contributed by atoms with E-state index in [4.69, 9.17) is 0 Å². The Bertz CT molecular complexity index is 1000. The highest BCUT2D eigenvalue weighted by atomic mass is 32.2. The van der Waals surface area contributed by atoms with Crippen LogP contribution < -0.4 is 9.62 Å². The molecular formula is C24H34N2O3S. The molecule has 0 aliphatic carbocycles. The first-order valence-corrected chi connectivity index (χ1v) is 12.3. The van der Waals surface area contributed by atoms with Gasteiger partial charge in [-0.05, 0) is 80.5 Å². The van der Waals surface area contributed by atoms with Crippen LogP contribution in [0, 0.1) is 27.7 Å². The van der Waals surface area contributed by atoms with Gasteiger partial charge in [-0.1, -0.05) is 31.2 Å². The molecule has 0 spiro atoms. The first-order chi connectivity index (χ1) is 14.0. The van der Waals surface area contributed by atoms with Crippen molar-refractivity contribution in [3.8, 4) is 0 Å². The minimum absolute atomic E-state index is 0.0393. The number of benzene rings is 2. The van der Waals surface area contributed by atoms with Gasteiger partial charge in [0.15, 0.2) is 0 Å². The van der Waals surface area contributed by atoms with Crippen molar-refractivity contribution in [2.24, 2.45) is 0 Å². The number of sulfonamides is 1. The van der Waals surface area contributed by atoms with Gasteiger partial charge in [0.05, 0.1) is 18.0 Å². The topological polar surface area (TPSA) is 66.5 Å². The van der Waals surface area contributed by atoms with Gasteiger partial charge in [-0.2, -0.15) is 0 Å². The van der Waals surface area contributed by atoms with Crippen molar-refractivity contribution in [2.75, 3.05) is 17.1 Å². The van der Waals surface area contributed by atoms with E-state index in [0.717, 1.165) is 23.1 Å². The average Bonchev–Trinajstić information content (AvgIpc) is 2.67. The van der Waals surface area contributed by atoms with E-state index in [9.17, 15) is 13.2 Å². The molecule has 0 bridgehead atoms. The minimum Gasteiger partial charge on any atom is -0.349 e. The maximum Gasteiger partial charge on any atom is 0.232 e. The Balaban J connectivity index is 2.01. The molecule has 2 aromatic rings. The molecule has 0 saturated heterocycles. The lowest BCUT2D eigenvalue weighted by Gasteiger charge is -2.23. The Morgan fingerprint density at radius 2 is 1.57 bits per heavy atom. The smallest absolute Gasteiger partial charge is 0.232 e. The van der Waals surface area contributed by atoms with Gasteiger partial charge in [-0.25, -0.2) is 8.42 Å². The van der Waals surface area contributed by atoms with Crippen molar-refractivity contribution < 1.29 is 13.2 Å². The van der Waals surface area contributed by atoms with Crippen LogP contribution in [0.2, 0.25) is 0 Å². The quantitative estimate of drug-likeness (QED) is 0.625. The number of aryl methyl sites for hydroxylation is 4. The first-order valence-electron chi connectivity index (χ1n) is 10.4. The predicted octanol–water partition coefficient (Wildman–Crippen LogP) is 4.73. The number of carbonyl (C=O) groups is 1. The van der Waals surface area contributed by atoms with Gasteiger partial charge < -0.3 is 5.32 Å². The largest absolute Gasteiger partial charge is 0.349 e. The molecule has 0 fully saturated rings. The minimum atomic E-state index is -3.42. The van der Waals surface area contributed by atoms with E-state index in [0.29, 0.717) is 12.1 Å². The van der Waals surface area contributed by atoms with E-state index in [-0.39, 0.29) is 24.9 Å². The Morgan fingerprint density at radius 3 is 2.10 bits per heavy atom. The fourth-order valence-electron chi connectivity index (χ4n) is 3.42. The van der Waals surface area contributed by atoms with Crippen molar-refractivity contribution in [3.63, 3.8) is 0 Å². The van der Waals surface area contributed by atoms with Gasteiger partial charge in [0.1, 0.15) is 0 Å². The van der Waals surface area contributed by atoms with Gasteiger partial charge in [-0.3, -0.25) is 9.10 Å². The lowest BCUT2D eigenvalue weighted by atomic mass is 9.99. The maximum absolute atomic E-state index is 12.5. The third kappa shape index (κ3) is 6.33. The molecule has 1 amide bonds. The van der Waals surface area contributed by atoms with Crippen LogP contribution in [0.3, 0.4) is 0 Å². The maximum atomic E-state index is 12.5. The average molecular weight is 431 g/mol. The first kappa shape index (κ1) is 23.9. The number of rotatable bonds is 9. The summed E-state index contributed by atoms with van der Waals surface area (Å²) in [6.07, 6.45) is 2.73. The SMILES string of the molecule is CC[C@H](NC(=O)CCCN(c1ccc(C)c(C)c1)S(C)(=O)=O)c1ccc(C)c(C)c1. The van der Waals surface area contributed by atoms with Crippen LogP contribution >= 0.6 is 0 Å². The Morgan fingerprint density at radius 1 is 0.967 bits per heavy atom. The second-order valence-corrected chi connectivity index (χ2v) is 9.99. The van der Waals surface area contributed by atoms with Gasteiger partial charge in [0.25, 0.3) is 0 Å². The molecule has 2 aromatic carbocycles. The van der Waals surface area contributed by atoms with Gasteiger partial charge in [0, 0.05) is 13.0 Å². The van der Waals surface area contributed by atoms with E-state index in [1.807, 2.05) is 39.0 Å². The number of hydrogen-bond donors (Lipinski definition) is 1. The summed E-state index contributed by atoms with van der Waals surface area (Å²) in [6, 6.07) is 11.8. The second kappa shape index (κ2) is 10.1. The van der Waals surface area contributed by atoms with E-state index < -0.39 is 10.0 Å². The van der Waals surface area contributed by atoms with Crippen molar-refractivity contribution >= 4 is 21.6 Å². The van der Waals surface area contributed by atoms with E-state index in [1.165, 1.54) is 21.7 Å². The molecule has 0 aliphatic rings. The van der Waals surface area contributed by atoms with Crippen molar-refractivity contribution in [1.82, 2.24) is 5.32 Å². The predicted molar refractivity (Wildman–Crippen MR) is 124 cm³/mol. The summed E-state index contributed by atoms with van der Waals surface area (Å²) >= 11 is 0. The normalized spacial score (nSPS) is 12.5. The Kier molecular flexibility index (Phi) is 8.07. The van der Waals surface area contributed by atoms with E-state index >= 15 is 0 Å². The Labute approximate surface area is 181 Å². The van der Waals surface area contributed by atoms with Gasteiger partial charge >= 0.3 is 0 Å². The number of anilines is 1. The molecule has 1 atom stereocenters. The molecule has 6 heteroatoms. The number of amides is 1. The number of nitrogens with one attached hydrogen (secondary N) is 1. The zero-order chi connectivity index (χ0) is 22.5. The fraction of sp³-hybridized carbons (Fsp3) is 0.458. The van der Waals surface area contributed by atoms with Crippen LogP contribution in [0.1, 0.15) is 60.0 Å². The molecule has 0 aromatic heterocycles. The van der Waals surface area contributed by atoms with Crippen LogP contribution in [0.5, 0.6) is 0 Å². The number of nitrogens with zero attached hydrogens (tertiary/aromatic N) is 1. The number of hydrogen-bond acceptors (Lipinski definition) is 3. The second-order valence-electron chi connectivity index (χ2n) is 8.08. The summed E-state index contributed by atoms with van der Waals surface area (Å²) in [4.78, 5) is 12.5. The van der Waals surface area contributed by atoms with Crippen molar-refractivity contribution in [3.05, 3.63) is 64.2 Å². The summed E-state index contributed by atoms with van der Waals surface area (Å²) < 4.78 is 26.0. The third-order valence-corrected chi connectivity index (χ3v) is 6.81. The lowest BCUT2D eigenvalue weighted by Crippen LogP contribution is -2.33. The number of carbonyl (C=O) groups excluding carboxylic acids is 1. The molecule has 2 rings (SSSR count). The highest BCUT2D eigenvalue weighted by Crippen LogP contribution is 2.23. The molecule has 0 heterocycles. The molecule has 0 unspecified atom stereocenters. The summed E-state index contributed by atoms with van der Waals surface area (Å²) in [5, 5.41) is 3.09. The van der Waals surface area contributed by atoms with Crippen LogP contribution in [0.15, 0.2) is 36.4 Å². The summed E-state index contributed by atoms with van der Waals surface area (Å²) in [6.45, 7) is 10.4. The third-order valence-electron chi connectivity index (χ3n) is 5.62. The van der Waals surface area contributed by atoms with Crippen LogP contribution in [0.25, 0.3) is 0 Å². The van der Waals surface area contributed by atoms with Crippen LogP contribution in [0.4, 0.5) is 5.69 Å².